The number of amides is 1. The lowest BCUT2D eigenvalue weighted by Gasteiger charge is -2.35. The van der Waals surface area contributed by atoms with Gasteiger partial charge in [0.15, 0.2) is 11.6 Å². The molecule has 6 rings (SSSR count). The zero-order chi connectivity index (χ0) is 24.7. The van der Waals surface area contributed by atoms with Crippen LogP contribution in [0, 0.1) is 17.3 Å². The molecule has 1 amide bonds. The number of ether oxygens (including phenoxy) is 1. The summed E-state index contributed by atoms with van der Waals surface area (Å²) in [6, 6.07) is 9.72. The van der Waals surface area contributed by atoms with E-state index >= 15 is 0 Å². The Kier molecular flexibility index (Phi) is 6.47. The summed E-state index contributed by atoms with van der Waals surface area (Å²) in [5.41, 5.74) is 2.83. The lowest BCUT2D eigenvalue weighted by Crippen LogP contribution is -2.35. The first-order valence-corrected chi connectivity index (χ1v) is 13.9. The normalized spacial score (nSPS) is 23.5. The predicted octanol–water partition coefficient (Wildman–Crippen LogP) is 3.77. The second-order valence-corrected chi connectivity index (χ2v) is 11.7. The Labute approximate surface area is 216 Å². The van der Waals surface area contributed by atoms with Gasteiger partial charge in [0.2, 0.25) is 0 Å². The minimum Gasteiger partial charge on any atom is -0.493 e. The van der Waals surface area contributed by atoms with E-state index in [9.17, 15) is 4.79 Å². The number of carbonyl (C=O) groups is 1. The highest BCUT2D eigenvalue weighted by molar-refractivity contribution is 7.97. The van der Waals surface area contributed by atoms with E-state index in [0.29, 0.717) is 23.4 Å². The summed E-state index contributed by atoms with van der Waals surface area (Å²) >= 11 is 1.50. The van der Waals surface area contributed by atoms with Crippen molar-refractivity contribution < 1.29 is 14.6 Å². The summed E-state index contributed by atoms with van der Waals surface area (Å²) in [7, 11) is 1.66. The minimum absolute atomic E-state index is 0.0950. The quantitative estimate of drug-likeness (QED) is 0.348. The van der Waals surface area contributed by atoms with Crippen LogP contribution in [-0.2, 0) is 0 Å². The van der Waals surface area contributed by atoms with Crippen LogP contribution in [0.4, 0.5) is 17.2 Å². The van der Waals surface area contributed by atoms with Gasteiger partial charge >= 0.3 is 0 Å². The van der Waals surface area contributed by atoms with Gasteiger partial charge < -0.3 is 25.0 Å². The molecular weight excluding hydrogens is 474 g/mol. The van der Waals surface area contributed by atoms with E-state index in [1.165, 1.54) is 44.1 Å². The molecule has 1 aromatic heterocycles. The topological polar surface area (TPSA) is 90.0 Å². The van der Waals surface area contributed by atoms with Crippen molar-refractivity contribution in [1.82, 2.24) is 9.71 Å². The van der Waals surface area contributed by atoms with Crippen LogP contribution in [0.15, 0.2) is 35.2 Å². The smallest absolute Gasteiger partial charge is 0.274 e. The highest BCUT2D eigenvalue weighted by Gasteiger charge is 2.46. The fraction of sp³-hybridized carbons (Fsp3) is 0.556. The molecule has 192 valence electrons. The average molecular weight is 510 g/mol. The summed E-state index contributed by atoms with van der Waals surface area (Å²) < 4.78 is 8.74. The van der Waals surface area contributed by atoms with Gasteiger partial charge in [-0.3, -0.25) is 9.52 Å². The molecule has 3 heterocycles. The number of aromatic nitrogens is 1. The van der Waals surface area contributed by atoms with Crippen LogP contribution in [0.2, 0.25) is 0 Å². The maximum absolute atomic E-state index is 13.4. The number of rotatable bonds is 9. The van der Waals surface area contributed by atoms with Crippen molar-refractivity contribution in [3.05, 3.63) is 36.0 Å². The number of hydrogen-bond acceptors (Lipinski definition) is 8. The van der Waals surface area contributed by atoms with Crippen LogP contribution < -0.4 is 24.6 Å². The number of aliphatic hydroxyl groups excluding tert-OH is 1. The lowest BCUT2D eigenvalue weighted by molar-refractivity contribution is 0.102. The molecule has 4 aliphatic rings. The SMILES string of the molecule is COc1ccc(C(=O)Nc2ccc(SNCCO)cc2N2CCC3(CC2)CC3)nc1N1CC2CC2C1. The Morgan fingerprint density at radius 2 is 1.92 bits per heavy atom. The van der Waals surface area contributed by atoms with Crippen LogP contribution in [0.25, 0.3) is 0 Å². The molecule has 9 heteroatoms. The molecule has 2 aliphatic heterocycles. The average Bonchev–Trinajstić information content (AvgIpc) is 3.81. The third-order valence-electron chi connectivity index (χ3n) is 8.31. The Balaban J connectivity index is 1.22. The Bertz CT molecular complexity index is 1120. The van der Waals surface area contributed by atoms with Crippen molar-refractivity contribution in [3.63, 3.8) is 0 Å². The number of nitrogens with zero attached hydrogens (tertiary/aromatic N) is 3. The summed E-state index contributed by atoms with van der Waals surface area (Å²) in [6.07, 6.45) is 6.44. The second-order valence-electron chi connectivity index (χ2n) is 10.7. The summed E-state index contributed by atoms with van der Waals surface area (Å²) in [6.45, 7) is 4.60. The molecule has 2 saturated carbocycles. The maximum atomic E-state index is 13.4. The van der Waals surface area contributed by atoms with Crippen molar-refractivity contribution >= 4 is 35.0 Å². The highest BCUT2D eigenvalue weighted by atomic mass is 32.2. The van der Waals surface area contributed by atoms with Gasteiger partial charge in [0, 0.05) is 37.6 Å². The number of hydrogen-bond donors (Lipinski definition) is 3. The van der Waals surface area contributed by atoms with Gasteiger partial charge in [-0.15, -0.1) is 0 Å². The number of anilines is 3. The predicted molar refractivity (Wildman–Crippen MR) is 143 cm³/mol. The van der Waals surface area contributed by atoms with Gasteiger partial charge in [0.1, 0.15) is 5.69 Å². The number of pyridine rings is 1. The van der Waals surface area contributed by atoms with Crippen LogP contribution in [0.1, 0.15) is 42.6 Å². The molecule has 1 aromatic carbocycles. The third kappa shape index (κ3) is 4.88. The number of aliphatic hydroxyl groups is 1. The van der Waals surface area contributed by atoms with E-state index in [1.807, 2.05) is 18.2 Å². The van der Waals surface area contributed by atoms with Gasteiger partial charge in [-0.05, 0) is 91.6 Å². The molecule has 2 unspecified atom stereocenters. The van der Waals surface area contributed by atoms with Crippen molar-refractivity contribution in [2.24, 2.45) is 17.3 Å². The standard InChI is InChI=1S/C27H35N5O3S/c1-35-24-5-4-22(29-25(24)32-16-18-14-19(18)17-32)26(34)30-21-3-2-20(36-28-10-13-33)15-23(21)31-11-8-27(6-7-27)9-12-31/h2-5,15,18-19,28,33H,6-14,16-17H2,1H3,(H,30,34). The van der Waals surface area contributed by atoms with E-state index in [1.54, 1.807) is 13.2 Å². The summed E-state index contributed by atoms with van der Waals surface area (Å²) in [5, 5.41) is 12.3. The van der Waals surface area contributed by atoms with Gasteiger partial charge in [0.05, 0.1) is 25.1 Å². The van der Waals surface area contributed by atoms with Crippen LogP contribution in [-0.4, -0.2) is 62.4 Å². The molecule has 36 heavy (non-hydrogen) atoms. The molecule has 1 spiro atoms. The number of methoxy groups -OCH3 is 1. The highest BCUT2D eigenvalue weighted by Crippen LogP contribution is 2.54. The number of benzene rings is 1. The number of nitrogens with one attached hydrogen (secondary N) is 2. The van der Waals surface area contributed by atoms with E-state index in [2.05, 4.69) is 25.9 Å². The zero-order valence-electron chi connectivity index (χ0n) is 20.8. The maximum Gasteiger partial charge on any atom is 0.274 e. The Morgan fingerprint density at radius 1 is 1.14 bits per heavy atom. The van der Waals surface area contributed by atoms with E-state index < -0.39 is 0 Å². The Hall–Kier alpha value is -2.49. The Morgan fingerprint density at radius 3 is 2.61 bits per heavy atom. The molecule has 3 N–H and O–H groups in total. The van der Waals surface area contributed by atoms with Crippen LogP contribution in [0.3, 0.4) is 0 Å². The molecule has 0 radical (unpaired) electrons. The fourth-order valence-corrected chi connectivity index (χ4v) is 6.39. The van der Waals surface area contributed by atoms with Crippen LogP contribution >= 0.6 is 11.9 Å². The molecule has 8 nitrogen and oxygen atoms in total. The molecule has 0 bridgehead atoms. The first-order valence-electron chi connectivity index (χ1n) is 13.1. The number of fused-ring (bicyclic) bond motifs is 1. The fourth-order valence-electron chi connectivity index (χ4n) is 5.73. The molecule has 2 aliphatic carbocycles. The van der Waals surface area contributed by atoms with Gasteiger partial charge in [0.25, 0.3) is 5.91 Å². The third-order valence-corrected chi connectivity index (χ3v) is 9.15. The van der Waals surface area contributed by atoms with E-state index in [-0.39, 0.29) is 12.5 Å². The van der Waals surface area contributed by atoms with E-state index in [0.717, 1.165) is 60.1 Å². The van der Waals surface area contributed by atoms with Gasteiger partial charge in [-0.2, -0.15) is 0 Å². The molecule has 4 fully saturated rings. The largest absolute Gasteiger partial charge is 0.493 e. The van der Waals surface area contributed by atoms with Gasteiger partial charge in [-0.25, -0.2) is 4.98 Å². The first-order chi connectivity index (χ1) is 17.6. The van der Waals surface area contributed by atoms with Crippen molar-refractivity contribution in [2.75, 3.05) is 61.6 Å². The minimum atomic E-state index is -0.209. The summed E-state index contributed by atoms with van der Waals surface area (Å²) in [5.74, 6) is 2.80. The number of piperidine rings is 2. The van der Waals surface area contributed by atoms with Crippen molar-refractivity contribution in [2.45, 2.75) is 37.0 Å². The summed E-state index contributed by atoms with van der Waals surface area (Å²) in [4.78, 5) is 23.9. The second kappa shape index (κ2) is 9.76. The zero-order valence-corrected chi connectivity index (χ0v) is 21.6. The van der Waals surface area contributed by atoms with Gasteiger partial charge in [-0.1, -0.05) is 0 Å². The number of carbonyl (C=O) groups excluding carboxylic acids is 1. The van der Waals surface area contributed by atoms with Crippen LogP contribution in [0.5, 0.6) is 5.75 Å². The first kappa shape index (κ1) is 23.9. The van der Waals surface area contributed by atoms with E-state index in [4.69, 9.17) is 14.8 Å². The van der Waals surface area contributed by atoms with Crippen molar-refractivity contribution in [1.29, 1.82) is 0 Å². The molecule has 2 atom stereocenters. The molecular formula is C27H35N5O3S. The monoisotopic (exact) mass is 509 g/mol. The van der Waals surface area contributed by atoms with Crippen molar-refractivity contribution in [3.8, 4) is 5.75 Å². The molecule has 2 aromatic rings. The molecule has 2 saturated heterocycles. The lowest BCUT2D eigenvalue weighted by atomic mass is 9.93.